The van der Waals surface area contributed by atoms with Gasteiger partial charge in [-0.25, -0.2) is 13.8 Å². The van der Waals surface area contributed by atoms with Gasteiger partial charge in [-0.15, -0.1) is 0 Å². The lowest BCUT2D eigenvalue weighted by molar-refractivity contribution is -0.133. The van der Waals surface area contributed by atoms with Crippen LogP contribution in [-0.4, -0.2) is 38.5 Å². The summed E-state index contributed by atoms with van der Waals surface area (Å²) in [5.41, 5.74) is 8.32. The summed E-state index contributed by atoms with van der Waals surface area (Å²) >= 11 is 0. The Morgan fingerprint density at radius 2 is 2.22 bits per heavy atom. The number of benzene rings is 1. The topological polar surface area (TPSA) is 101 Å². The van der Waals surface area contributed by atoms with Gasteiger partial charge >= 0.3 is 0 Å². The number of imidazole rings is 1. The number of nitrogens with one attached hydrogen (secondary N) is 1. The molecule has 0 bridgehead atoms. The molecule has 0 unspecified atom stereocenters. The van der Waals surface area contributed by atoms with Crippen molar-refractivity contribution in [1.82, 2.24) is 20.0 Å². The molecule has 0 saturated heterocycles. The van der Waals surface area contributed by atoms with Gasteiger partial charge in [0.25, 0.3) is 0 Å². The molecule has 2 aromatic heterocycles. The van der Waals surface area contributed by atoms with Gasteiger partial charge in [0.2, 0.25) is 5.91 Å². The van der Waals surface area contributed by atoms with Crippen LogP contribution in [0.25, 0.3) is 11.3 Å². The Labute approximate surface area is 153 Å². The van der Waals surface area contributed by atoms with Crippen LogP contribution >= 0.6 is 0 Å². The zero-order valence-electron chi connectivity index (χ0n) is 14.3. The summed E-state index contributed by atoms with van der Waals surface area (Å²) in [7, 11) is 0. The van der Waals surface area contributed by atoms with Crippen molar-refractivity contribution in [2.24, 2.45) is 5.73 Å². The fourth-order valence-corrected chi connectivity index (χ4v) is 3.22. The van der Waals surface area contributed by atoms with E-state index in [9.17, 15) is 13.6 Å². The van der Waals surface area contributed by atoms with Crippen molar-refractivity contribution in [2.45, 2.75) is 25.4 Å². The van der Waals surface area contributed by atoms with E-state index in [0.29, 0.717) is 42.0 Å². The Morgan fingerprint density at radius 3 is 2.96 bits per heavy atom. The Hall–Kier alpha value is -3.07. The number of halogens is 2. The van der Waals surface area contributed by atoms with Crippen molar-refractivity contribution >= 4 is 5.91 Å². The molecule has 9 heteroatoms. The van der Waals surface area contributed by atoms with E-state index in [2.05, 4.69) is 15.1 Å². The zero-order valence-corrected chi connectivity index (χ0v) is 14.3. The first kappa shape index (κ1) is 17.3. The van der Waals surface area contributed by atoms with Crippen molar-refractivity contribution in [1.29, 1.82) is 0 Å². The van der Waals surface area contributed by atoms with Gasteiger partial charge in [0.15, 0.2) is 11.6 Å². The van der Waals surface area contributed by atoms with Gasteiger partial charge in [-0.3, -0.25) is 4.79 Å². The minimum atomic E-state index is -0.963. The first-order valence-corrected chi connectivity index (χ1v) is 8.47. The molecule has 0 spiro atoms. The summed E-state index contributed by atoms with van der Waals surface area (Å²) in [4.78, 5) is 21.2. The smallest absolute Gasteiger partial charge is 0.240 e. The number of hydrogen-bond acceptors (Lipinski definition) is 5. The van der Waals surface area contributed by atoms with Gasteiger partial charge in [0.1, 0.15) is 11.5 Å². The highest BCUT2D eigenvalue weighted by Gasteiger charge is 2.30. The number of aromatic nitrogens is 3. The summed E-state index contributed by atoms with van der Waals surface area (Å²) in [5.74, 6) is -1.46. The average molecular weight is 373 g/mol. The number of amides is 1. The number of aromatic amines is 1. The standard InChI is InChI=1S/C18H17F2N5O2/c19-13-2-1-10(5-14(13)20)17-12-8-25(4-3-16(12)27-24-17)18(26)15(21)6-11-7-22-9-23-11/h1-2,5,7,9,15H,3-4,6,8,21H2,(H,22,23)/t15-/m0/s1. The molecule has 1 aliphatic rings. The van der Waals surface area contributed by atoms with Crippen molar-refractivity contribution in [3.05, 3.63) is 59.4 Å². The Balaban J connectivity index is 1.54. The minimum Gasteiger partial charge on any atom is -0.360 e. The average Bonchev–Trinajstić information content (AvgIpc) is 3.32. The number of H-pyrrole nitrogens is 1. The first-order valence-electron chi connectivity index (χ1n) is 8.47. The Kier molecular flexibility index (Phi) is 4.44. The highest BCUT2D eigenvalue weighted by molar-refractivity contribution is 5.82. The van der Waals surface area contributed by atoms with Gasteiger partial charge in [0, 0.05) is 42.4 Å². The lowest BCUT2D eigenvalue weighted by Gasteiger charge is -2.28. The number of nitrogens with zero attached hydrogens (tertiary/aromatic N) is 3. The van der Waals surface area contributed by atoms with E-state index in [1.54, 1.807) is 11.1 Å². The quantitative estimate of drug-likeness (QED) is 0.726. The van der Waals surface area contributed by atoms with E-state index in [0.717, 1.165) is 17.8 Å². The second-order valence-electron chi connectivity index (χ2n) is 6.46. The monoisotopic (exact) mass is 373 g/mol. The molecule has 4 rings (SSSR count). The molecule has 0 saturated carbocycles. The lowest BCUT2D eigenvalue weighted by atomic mass is 10.0. The second kappa shape index (κ2) is 6.92. The lowest BCUT2D eigenvalue weighted by Crippen LogP contribution is -2.46. The summed E-state index contributed by atoms with van der Waals surface area (Å²) in [6, 6.07) is 2.83. The van der Waals surface area contributed by atoms with E-state index in [1.807, 2.05) is 0 Å². The van der Waals surface area contributed by atoms with Crippen molar-refractivity contribution in [3.8, 4) is 11.3 Å². The van der Waals surface area contributed by atoms with Crippen LogP contribution in [-0.2, 0) is 24.2 Å². The maximum absolute atomic E-state index is 13.6. The summed E-state index contributed by atoms with van der Waals surface area (Å²) in [6.45, 7) is 0.706. The van der Waals surface area contributed by atoms with Crippen LogP contribution in [0.3, 0.4) is 0 Å². The van der Waals surface area contributed by atoms with Gasteiger partial charge in [-0.2, -0.15) is 0 Å². The number of nitrogens with two attached hydrogens (primary N) is 1. The molecule has 1 amide bonds. The zero-order chi connectivity index (χ0) is 19.0. The molecule has 1 aromatic carbocycles. The van der Waals surface area contributed by atoms with Crippen LogP contribution in [0.2, 0.25) is 0 Å². The predicted molar refractivity (Wildman–Crippen MR) is 91.2 cm³/mol. The van der Waals surface area contributed by atoms with Gasteiger partial charge in [0.05, 0.1) is 18.9 Å². The summed E-state index contributed by atoms with van der Waals surface area (Å²) in [5, 5.41) is 3.99. The summed E-state index contributed by atoms with van der Waals surface area (Å²) < 4.78 is 32.1. The molecule has 3 N–H and O–H groups in total. The molecule has 1 atom stereocenters. The van der Waals surface area contributed by atoms with Crippen molar-refractivity contribution in [3.63, 3.8) is 0 Å². The van der Waals surface area contributed by atoms with Gasteiger partial charge in [-0.05, 0) is 18.2 Å². The van der Waals surface area contributed by atoms with Crippen LogP contribution in [0.15, 0.2) is 35.2 Å². The van der Waals surface area contributed by atoms with E-state index in [1.165, 1.54) is 12.4 Å². The molecule has 3 heterocycles. The molecular formula is C18H17F2N5O2. The molecule has 3 aromatic rings. The van der Waals surface area contributed by atoms with E-state index < -0.39 is 17.7 Å². The number of hydrogen-bond donors (Lipinski definition) is 2. The second-order valence-corrected chi connectivity index (χ2v) is 6.46. The van der Waals surface area contributed by atoms with E-state index in [-0.39, 0.29) is 12.5 Å². The molecule has 1 aliphatic heterocycles. The van der Waals surface area contributed by atoms with Crippen LogP contribution in [0.4, 0.5) is 8.78 Å². The molecule has 0 aliphatic carbocycles. The highest BCUT2D eigenvalue weighted by atomic mass is 19.2. The Bertz CT molecular complexity index is 970. The molecule has 7 nitrogen and oxygen atoms in total. The molecule has 0 radical (unpaired) electrons. The number of rotatable bonds is 4. The van der Waals surface area contributed by atoms with Crippen molar-refractivity contribution in [2.75, 3.05) is 6.54 Å². The number of carbonyl (C=O) groups excluding carboxylic acids is 1. The highest BCUT2D eigenvalue weighted by Crippen LogP contribution is 2.31. The van der Waals surface area contributed by atoms with Gasteiger partial charge < -0.3 is 20.1 Å². The van der Waals surface area contributed by atoms with E-state index in [4.69, 9.17) is 10.3 Å². The minimum absolute atomic E-state index is 0.201. The molecule has 0 fully saturated rings. The largest absolute Gasteiger partial charge is 0.360 e. The molecule has 27 heavy (non-hydrogen) atoms. The van der Waals surface area contributed by atoms with Crippen LogP contribution in [0.1, 0.15) is 17.0 Å². The van der Waals surface area contributed by atoms with Crippen LogP contribution < -0.4 is 5.73 Å². The van der Waals surface area contributed by atoms with Gasteiger partial charge in [-0.1, -0.05) is 5.16 Å². The van der Waals surface area contributed by atoms with Crippen LogP contribution in [0.5, 0.6) is 0 Å². The SMILES string of the molecule is N[C@@H](Cc1cnc[nH]1)C(=O)N1CCc2onc(-c3ccc(F)c(F)c3)c2C1. The fourth-order valence-electron chi connectivity index (χ4n) is 3.22. The normalized spacial score (nSPS) is 14.9. The molecular weight excluding hydrogens is 356 g/mol. The Morgan fingerprint density at radius 1 is 1.37 bits per heavy atom. The van der Waals surface area contributed by atoms with Crippen LogP contribution in [0, 0.1) is 11.6 Å². The predicted octanol–water partition coefficient (Wildman–Crippen LogP) is 1.80. The summed E-state index contributed by atoms with van der Waals surface area (Å²) in [6.07, 6.45) is 3.99. The number of fused-ring (bicyclic) bond motifs is 1. The maximum Gasteiger partial charge on any atom is 0.240 e. The third kappa shape index (κ3) is 3.33. The maximum atomic E-state index is 13.6. The third-order valence-electron chi connectivity index (χ3n) is 4.64. The number of carbonyl (C=O) groups is 1. The van der Waals surface area contributed by atoms with Crippen molar-refractivity contribution < 1.29 is 18.1 Å². The fraction of sp³-hybridized carbons (Fsp3) is 0.278. The first-order chi connectivity index (χ1) is 13.0. The van der Waals surface area contributed by atoms with E-state index >= 15 is 0 Å². The molecule has 140 valence electrons. The third-order valence-corrected chi connectivity index (χ3v) is 4.64.